The molecule has 0 bridgehead atoms. The Morgan fingerprint density at radius 3 is 1.77 bits per heavy atom. The highest BCUT2D eigenvalue weighted by molar-refractivity contribution is 5.79. The number of amides is 2. The molecule has 0 atom stereocenters. The Kier molecular flexibility index (Phi) is 19.6. The molecule has 0 radical (unpaired) electrons. The van der Waals surface area contributed by atoms with Gasteiger partial charge >= 0.3 is 11.9 Å². The Hall–Kier alpha value is -3.26. The minimum Gasteiger partial charge on any atom is -0.497 e. The fourth-order valence-electron chi connectivity index (χ4n) is 3.42. The second-order valence-electron chi connectivity index (χ2n) is 8.71. The highest BCUT2D eigenvalue weighted by Gasteiger charge is 2.19. The summed E-state index contributed by atoms with van der Waals surface area (Å²) < 4.78 is 26.6. The average Bonchev–Trinajstić information content (AvgIpc) is 2.90. The van der Waals surface area contributed by atoms with Gasteiger partial charge in [-0.25, -0.2) is 0 Å². The number of aliphatic carboxylic acids is 2. The Balaban J connectivity index is 1.86. The zero-order chi connectivity index (χ0) is 29.4. The first-order chi connectivity index (χ1) is 19.3. The predicted molar refractivity (Wildman–Crippen MR) is 143 cm³/mol. The monoisotopic (exact) mass is 570 g/mol. The second-order valence-corrected chi connectivity index (χ2v) is 8.71. The normalized spacial score (nSPS) is 10.8. The van der Waals surface area contributed by atoms with Crippen molar-refractivity contribution in [3.05, 3.63) is 29.8 Å². The van der Waals surface area contributed by atoms with Gasteiger partial charge in [-0.2, -0.15) is 0 Å². The number of hydrogen-bond donors (Lipinski definition) is 4. The van der Waals surface area contributed by atoms with E-state index in [1.165, 1.54) is 5.56 Å². The van der Waals surface area contributed by atoms with E-state index in [0.717, 1.165) is 18.6 Å². The molecule has 0 aliphatic heterocycles. The molecule has 1 rings (SSSR count). The highest BCUT2D eigenvalue weighted by atomic mass is 16.6. The van der Waals surface area contributed by atoms with Crippen LogP contribution >= 0.6 is 0 Å². The van der Waals surface area contributed by atoms with Gasteiger partial charge in [0.2, 0.25) is 11.8 Å². The average molecular weight is 571 g/mol. The van der Waals surface area contributed by atoms with Gasteiger partial charge in [0.25, 0.3) is 0 Å². The number of aryl methyl sites for hydroxylation is 1. The lowest BCUT2D eigenvalue weighted by molar-refractivity contribution is -0.140. The van der Waals surface area contributed by atoms with Crippen molar-refractivity contribution < 1.29 is 53.1 Å². The van der Waals surface area contributed by atoms with Crippen molar-refractivity contribution in [3.63, 3.8) is 0 Å². The van der Waals surface area contributed by atoms with E-state index in [4.69, 9.17) is 33.9 Å². The Morgan fingerprint density at radius 1 is 0.725 bits per heavy atom. The summed E-state index contributed by atoms with van der Waals surface area (Å²) in [5.41, 5.74) is 1.17. The summed E-state index contributed by atoms with van der Waals surface area (Å²) in [6.45, 7) is 3.05. The van der Waals surface area contributed by atoms with Crippen molar-refractivity contribution in [2.75, 3.05) is 66.5 Å². The van der Waals surface area contributed by atoms with Gasteiger partial charge in [-0.05, 0) is 30.5 Å². The molecule has 0 aromatic heterocycles. The minimum absolute atomic E-state index is 0.00197. The van der Waals surface area contributed by atoms with E-state index in [1.54, 1.807) is 7.11 Å². The van der Waals surface area contributed by atoms with Gasteiger partial charge in [-0.3, -0.25) is 19.2 Å². The second kappa shape index (κ2) is 22.5. The number of carboxylic acid groups (broad SMARTS) is 2. The van der Waals surface area contributed by atoms with E-state index in [0.29, 0.717) is 52.6 Å². The third-order valence-corrected chi connectivity index (χ3v) is 5.39. The molecule has 0 fully saturated rings. The van der Waals surface area contributed by atoms with E-state index in [1.807, 2.05) is 24.3 Å². The van der Waals surface area contributed by atoms with Crippen LogP contribution in [0.3, 0.4) is 0 Å². The summed E-state index contributed by atoms with van der Waals surface area (Å²) in [7, 11) is 1.63. The van der Waals surface area contributed by atoms with Crippen molar-refractivity contribution in [3.8, 4) is 5.75 Å². The summed E-state index contributed by atoms with van der Waals surface area (Å²) in [5, 5.41) is 22.8. The molecule has 0 spiro atoms. The maximum Gasteiger partial charge on any atom is 0.305 e. The Labute approximate surface area is 234 Å². The van der Waals surface area contributed by atoms with E-state index < -0.39 is 36.7 Å². The summed E-state index contributed by atoms with van der Waals surface area (Å²) in [6.07, 6.45) is 1.10. The smallest absolute Gasteiger partial charge is 0.305 e. The molecule has 4 N–H and O–H groups in total. The standard InChI is InChI=1S/C27H42N2O11/c1-36-23-7-5-21(6-8-23)3-2-4-24(30)28-10-12-38-14-16-40-18-17-39-15-13-37-11-9-25(31)29-22(19-26(32)33)20-27(34)35/h5-8,22H,2-4,9-20H2,1H3,(H,28,30)(H,29,31)(H,32,33)(H,34,35). The molecule has 0 aliphatic rings. The number of rotatable bonds is 25. The van der Waals surface area contributed by atoms with Crippen LogP contribution in [0.25, 0.3) is 0 Å². The fourth-order valence-corrected chi connectivity index (χ4v) is 3.42. The molecule has 1 aromatic carbocycles. The Morgan fingerprint density at radius 2 is 1.25 bits per heavy atom. The quantitative estimate of drug-likeness (QED) is 0.123. The molecule has 0 heterocycles. The van der Waals surface area contributed by atoms with Crippen LogP contribution in [0.5, 0.6) is 5.75 Å². The van der Waals surface area contributed by atoms with Crippen molar-refractivity contribution in [1.29, 1.82) is 0 Å². The first-order valence-electron chi connectivity index (χ1n) is 13.2. The number of carboxylic acids is 2. The molecule has 0 aliphatic carbocycles. The van der Waals surface area contributed by atoms with Crippen LogP contribution in [0.4, 0.5) is 0 Å². The van der Waals surface area contributed by atoms with Gasteiger partial charge in [0, 0.05) is 25.4 Å². The van der Waals surface area contributed by atoms with Crippen molar-refractivity contribution in [2.45, 2.75) is 44.6 Å². The lowest BCUT2D eigenvalue weighted by Crippen LogP contribution is -2.38. The third-order valence-electron chi connectivity index (χ3n) is 5.39. The van der Waals surface area contributed by atoms with Crippen LogP contribution in [0.15, 0.2) is 24.3 Å². The summed E-state index contributed by atoms with van der Waals surface area (Å²) in [5.74, 6) is -2.05. The first-order valence-corrected chi connectivity index (χ1v) is 13.2. The minimum atomic E-state index is -1.19. The summed E-state index contributed by atoms with van der Waals surface area (Å²) in [4.78, 5) is 45.2. The van der Waals surface area contributed by atoms with E-state index >= 15 is 0 Å². The zero-order valence-corrected chi connectivity index (χ0v) is 23.1. The number of ether oxygens (including phenoxy) is 5. The van der Waals surface area contributed by atoms with Crippen LogP contribution in [0, 0.1) is 0 Å². The number of carbonyl (C=O) groups excluding carboxylic acids is 2. The molecule has 2 amide bonds. The van der Waals surface area contributed by atoms with Crippen LogP contribution in [-0.2, 0) is 44.5 Å². The molecule has 13 nitrogen and oxygen atoms in total. The van der Waals surface area contributed by atoms with Crippen LogP contribution in [-0.4, -0.2) is 107 Å². The molecule has 0 unspecified atom stereocenters. The molecule has 40 heavy (non-hydrogen) atoms. The number of hydrogen-bond acceptors (Lipinski definition) is 9. The van der Waals surface area contributed by atoms with E-state index in [9.17, 15) is 19.2 Å². The first kappa shape index (κ1) is 34.8. The molecular weight excluding hydrogens is 528 g/mol. The number of carbonyl (C=O) groups is 4. The van der Waals surface area contributed by atoms with Gasteiger partial charge in [-0.1, -0.05) is 12.1 Å². The molecule has 13 heteroatoms. The maximum absolute atomic E-state index is 11.9. The predicted octanol–water partition coefficient (Wildman–Crippen LogP) is 1.02. The largest absolute Gasteiger partial charge is 0.497 e. The highest BCUT2D eigenvalue weighted by Crippen LogP contribution is 2.13. The maximum atomic E-state index is 11.9. The molecule has 1 aromatic rings. The zero-order valence-electron chi connectivity index (χ0n) is 23.1. The number of methoxy groups -OCH3 is 1. The van der Waals surface area contributed by atoms with Crippen LogP contribution in [0.1, 0.15) is 37.7 Å². The van der Waals surface area contributed by atoms with Gasteiger partial charge < -0.3 is 44.5 Å². The van der Waals surface area contributed by atoms with Crippen molar-refractivity contribution in [1.82, 2.24) is 10.6 Å². The summed E-state index contributed by atoms with van der Waals surface area (Å²) >= 11 is 0. The van der Waals surface area contributed by atoms with Crippen molar-refractivity contribution >= 4 is 23.8 Å². The van der Waals surface area contributed by atoms with Gasteiger partial charge in [0.1, 0.15) is 5.75 Å². The fraction of sp³-hybridized carbons (Fsp3) is 0.630. The topological polar surface area (TPSA) is 179 Å². The van der Waals surface area contributed by atoms with E-state index in [2.05, 4.69) is 10.6 Å². The van der Waals surface area contributed by atoms with Crippen LogP contribution < -0.4 is 15.4 Å². The van der Waals surface area contributed by atoms with Crippen molar-refractivity contribution in [2.24, 2.45) is 0 Å². The molecule has 0 saturated carbocycles. The number of benzene rings is 1. The van der Waals surface area contributed by atoms with Gasteiger partial charge in [0.15, 0.2) is 0 Å². The SMILES string of the molecule is COc1ccc(CCCC(=O)NCCOCCOCCOCCOCCC(=O)NC(CC(=O)O)CC(=O)O)cc1. The summed E-state index contributed by atoms with van der Waals surface area (Å²) in [6, 6.07) is 6.85. The van der Waals surface area contributed by atoms with Crippen LogP contribution in [0.2, 0.25) is 0 Å². The molecule has 0 saturated heterocycles. The molecular formula is C27H42N2O11. The lowest BCUT2D eigenvalue weighted by atomic mass is 10.1. The van der Waals surface area contributed by atoms with Gasteiger partial charge in [-0.15, -0.1) is 0 Å². The Bertz CT molecular complexity index is 849. The third kappa shape index (κ3) is 19.8. The van der Waals surface area contributed by atoms with E-state index in [-0.39, 0.29) is 25.5 Å². The van der Waals surface area contributed by atoms with Gasteiger partial charge in [0.05, 0.1) is 72.8 Å². The lowest BCUT2D eigenvalue weighted by Gasteiger charge is -2.14. The number of nitrogens with one attached hydrogen (secondary N) is 2. The molecule has 226 valence electrons.